The highest BCUT2D eigenvalue weighted by Crippen LogP contribution is 2.38. The van der Waals surface area contributed by atoms with Crippen LogP contribution < -0.4 is 15.5 Å². The summed E-state index contributed by atoms with van der Waals surface area (Å²) in [6.45, 7) is 4.09. The molecule has 0 aliphatic carbocycles. The average molecular weight is 540 g/mol. The number of fused-ring (bicyclic) bond motifs is 1. The van der Waals surface area contributed by atoms with Gasteiger partial charge in [0.2, 0.25) is 5.91 Å². The number of anilines is 3. The fourth-order valence-electron chi connectivity index (χ4n) is 4.91. The number of nitrogens with one attached hydrogen (secondary N) is 2. The van der Waals surface area contributed by atoms with Crippen molar-refractivity contribution in [1.29, 1.82) is 0 Å². The fraction of sp³-hybridized carbons (Fsp3) is 0.258. The summed E-state index contributed by atoms with van der Waals surface area (Å²) in [5.41, 5.74) is 5.10. The van der Waals surface area contributed by atoms with Gasteiger partial charge in [0.15, 0.2) is 0 Å². The number of amides is 2. The van der Waals surface area contributed by atoms with Crippen molar-refractivity contribution in [3.8, 4) is 0 Å². The van der Waals surface area contributed by atoms with E-state index >= 15 is 0 Å². The van der Waals surface area contributed by atoms with Crippen LogP contribution in [0.3, 0.4) is 0 Å². The van der Waals surface area contributed by atoms with Crippen molar-refractivity contribution in [2.24, 2.45) is 0 Å². The Kier molecular flexibility index (Phi) is 7.95. The van der Waals surface area contributed by atoms with Gasteiger partial charge >= 0.3 is 5.97 Å². The third-order valence-corrected chi connectivity index (χ3v) is 7.35. The largest absolute Gasteiger partial charge is 0.465 e. The summed E-state index contributed by atoms with van der Waals surface area (Å²) in [5, 5.41) is 6.31. The lowest BCUT2D eigenvalue weighted by atomic mass is 9.99. The molecule has 2 aliphatic heterocycles. The van der Waals surface area contributed by atoms with Crippen molar-refractivity contribution in [3.63, 3.8) is 0 Å². The molecule has 5 rings (SSSR count). The molecule has 0 unspecified atom stereocenters. The molecule has 2 amide bonds. The highest BCUT2D eigenvalue weighted by molar-refractivity contribution is 6.37. The second-order valence-corrected chi connectivity index (χ2v) is 10.0. The maximum absolute atomic E-state index is 13.2. The van der Waals surface area contributed by atoms with E-state index in [0.717, 1.165) is 43.1 Å². The molecule has 3 aromatic carbocycles. The van der Waals surface area contributed by atoms with E-state index in [1.165, 1.54) is 7.11 Å². The van der Waals surface area contributed by atoms with Crippen molar-refractivity contribution in [2.45, 2.75) is 0 Å². The van der Waals surface area contributed by atoms with Crippen molar-refractivity contribution < 1.29 is 19.1 Å². The van der Waals surface area contributed by atoms with Crippen LogP contribution in [-0.4, -0.2) is 81.5 Å². The van der Waals surface area contributed by atoms with Crippen LogP contribution in [0.1, 0.15) is 21.5 Å². The van der Waals surface area contributed by atoms with Crippen LogP contribution in [0.15, 0.2) is 72.8 Å². The molecule has 0 aromatic heterocycles. The van der Waals surface area contributed by atoms with Gasteiger partial charge < -0.3 is 25.2 Å². The predicted octanol–water partition coefficient (Wildman–Crippen LogP) is 3.62. The summed E-state index contributed by atoms with van der Waals surface area (Å²) in [6, 6.07) is 22.2. The molecule has 3 aromatic rings. The topological polar surface area (TPSA) is 94.2 Å². The van der Waals surface area contributed by atoms with Crippen molar-refractivity contribution >= 4 is 46.1 Å². The summed E-state index contributed by atoms with van der Waals surface area (Å²) in [7, 11) is 5.21. The number of esters is 1. The second kappa shape index (κ2) is 11.7. The molecule has 2 aliphatic rings. The van der Waals surface area contributed by atoms with Crippen LogP contribution in [0.4, 0.5) is 17.1 Å². The number of hydrogen-bond acceptors (Lipinski definition) is 7. The van der Waals surface area contributed by atoms with E-state index < -0.39 is 5.97 Å². The standard InChI is InChI=1S/C31H33N5O4/c1-34-15-17-36(18-16-34)20-27(37)35(2)24-12-10-23(11-13-24)32-29(21-7-5-4-6-8-21)28-25-14-9-22(31(39)40-3)19-26(25)33-30(28)38/h4-14,19,32H,15-18,20H2,1-3H3,(H,33,38)/b29-28+. The Morgan fingerprint density at radius 3 is 2.33 bits per heavy atom. The number of likely N-dealkylation sites (N-methyl/N-ethyl adjacent to an activating group) is 2. The molecule has 0 spiro atoms. The summed E-state index contributed by atoms with van der Waals surface area (Å²) in [5.74, 6) is -0.694. The number of methoxy groups -OCH3 is 1. The molecule has 2 heterocycles. The Morgan fingerprint density at radius 1 is 0.950 bits per heavy atom. The van der Waals surface area contributed by atoms with E-state index in [9.17, 15) is 14.4 Å². The van der Waals surface area contributed by atoms with Gasteiger partial charge in [-0.3, -0.25) is 14.5 Å². The second-order valence-electron chi connectivity index (χ2n) is 10.0. The van der Waals surface area contributed by atoms with Crippen molar-refractivity contribution in [3.05, 3.63) is 89.5 Å². The van der Waals surface area contributed by atoms with Gasteiger partial charge in [-0.05, 0) is 49.0 Å². The number of nitrogens with zero attached hydrogens (tertiary/aromatic N) is 3. The summed E-state index contributed by atoms with van der Waals surface area (Å²) < 4.78 is 4.82. The number of rotatable bonds is 7. The first-order valence-corrected chi connectivity index (χ1v) is 13.2. The van der Waals surface area contributed by atoms with Gasteiger partial charge in [-0.25, -0.2) is 4.79 Å². The molecule has 9 nitrogen and oxygen atoms in total. The lowest BCUT2D eigenvalue weighted by Crippen LogP contribution is -2.48. The quantitative estimate of drug-likeness (QED) is 0.350. The average Bonchev–Trinajstić information content (AvgIpc) is 3.31. The highest BCUT2D eigenvalue weighted by atomic mass is 16.5. The Labute approximate surface area is 234 Å². The van der Waals surface area contributed by atoms with Gasteiger partial charge in [0.1, 0.15) is 0 Å². The summed E-state index contributed by atoms with van der Waals surface area (Å²) >= 11 is 0. The van der Waals surface area contributed by atoms with E-state index in [1.807, 2.05) is 54.6 Å². The molecule has 2 N–H and O–H groups in total. The first-order chi connectivity index (χ1) is 19.3. The molecule has 0 bridgehead atoms. The Hall–Kier alpha value is -4.47. The maximum Gasteiger partial charge on any atom is 0.337 e. The first kappa shape index (κ1) is 27.1. The SMILES string of the molecule is COC(=O)c1ccc2c(c1)NC(=O)/C2=C(/Nc1ccc(N(C)C(=O)CN2CCN(C)CC2)cc1)c1ccccc1. The number of hydrogen-bond donors (Lipinski definition) is 2. The summed E-state index contributed by atoms with van der Waals surface area (Å²) in [6.07, 6.45) is 0. The van der Waals surface area contributed by atoms with Crippen LogP contribution in [0, 0.1) is 0 Å². The van der Waals surface area contributed by atoms with Crippen LogP contribution in [0.25, 0.3) is 11.3 Å². The molecule has 206 valence electrons. The van der Waals surface area contributed by atoms with Gasteiger partial charge in [0.25, 0.3) is 5.91 Å². The van der Waals surface area contributed by atoms with E-state index in [0.29, 0.717) is 34.6 Å². The molecule has 0 radical (unpaired) electrons. The molecule has 1 saturated heterocycles. The molecular formula is C31H33N5O4. The van der Waals surface area contributed by atoms with Gasteiger partial charge in [-0.15, -0.1) is 0 Å². The smallest absolute Gasteiger partial charge is 0.337 e. The van der Waals surface area contributed by atoms with Crippen molar-refractivity contribution in [1.82, 2.24) is 9.80 Å². The lowest BCUT2D eigenvalue weighted by molar-refractivity contribution is -0.119. The maximum atomic E-state index is 13.2. The Balaban J connectivity index is 1.40. The number of carbonyl (C=O) groups is 3. The van der Waals surface area contributed by atoms with Crippen LogP contribution >= 0.6 is 0 Å². The molecule has 40 heavy (non-hydrogen) atoms. The molecule has 9 heteroatoms. The van der Waals surface area contributed by atoms with Gasteiger partial charge in [0.05, 0.1) is 36.2 Å². The number of ether oxygens (including phenoxy) is 1. The minimum atomic E-state index is -0.469. The van der Waals surface area contributed by atoms with Crippen LogP contribution in [-0.2, 0) is 14.3 Å². The highest BCUT2D eigenvalue weighted by Gasteiger charge is 2.29. The fourth-order valence-corrected chi connectivity index (χ4v) is 4.91. The zero-order valence-electron chi connectivity index (χ0n) is 22.9. The number of carbonyl (C=O) groups excluding carboxylic acids is 3. The van der Waals surface area contributed by atoms with Crippen molar-refractivity contribution in [2.75, 3.05) is 69.5 Å². The summed E-state index contributed by atoms with van der Waals surface area (Å²) in [4.78, 5) is 44.3. The van der Waals surface area contributed by atoms with E-state index in [-0.39, 0.29) is 11.8 Å². The zero-order valence-corrected chi connectivity index (χ0v) is 22.9. The number of benzene rings is 3. The van der Waals surface area contributed by atoms with Crippen LogP contribution in [0.5, 0.6) is 0 Å². The third kappa shape index (κ3) is 5.75. The Morgan fingerprint density at radius 2 is 1.65 bits per heavy atom. The normalized spacial score (nSPS) is 16.6. The minimum Gasteiger partial charge on any atom is -0.465 e. The Bertz CT molecular complexity index is 1440. The zero-order chi connectivity index (χ0) is 28.2. The van der Waals surface area contributed by atoms with E-state index in [1.54, 1.807) is 30.1 Å². The molecular weight excluding hydrogens is 506 g/mol. The lowest BCUT2D eigenvalue weighted by Gasteiger charge is -2.32. The first-order valence-electron chi connectivity index (χ1n) is 13.2. The number of piperazine rings is 1. The van der Waals surface area contributed by atoms with Gasteiger partial charge in [-0.2, -0.15) is 0 Å². The predicted molar refractivity (Wildman–Crippen MR) is 157 cm³/mol. The van der Waals surface area contributed by atoms with Gasteiger partial charge in [-0.1, -0.05) is 36.4 Å². The van der Waals surface area contributed by atoms with E-state index in [4.69, 9.17) is 4.74 Å². The van der Waals surface area contributed by atoms with Gasteiger partial charge in [0, 0.05) is 50.2 Å². The minimum absolute atomic E-state index is 0.0444. The molecule has 0 saturated carbocycles. The molecule has 1 fully saturated rings. The van der Waals surface area contributed by atoms with E-state index in [2.05, 4.69) is 27.5 Å². The molecule has 0 atom stereocenters. The van der Waals surface area contributed by atoms with Crippen LogP contribution in [0.2, 0.25) is 0 Å². The monoisotopic (exact) mass is 539 g/mol. The third-order valence-electron chi connectivity index (χ3n) is 7.35.